The maximum atomic E-state index is 12.6. The molecule has 0 radical (unpaired) electrons. The first-order valence-electron chi connectivity index (χ1n) is 8.69. The van der Waals surface area contributed by atoms with Crippen LogP contribution in [0.15, 0.2) is 35.1 Å². The summed E-state index contributed by atoms with van der Waals surface area (Å²) < 4.78 is 1.83. The predicted molar refractivity (Wildman–Crippen MR) is 102 cm³/mol. The van der Waals surface area contributed by atoms with Gasteiger partial charge in [-0.2, -0.15) is 0 Å². The number of quaternary nitrogens is 1. The number of aryl methyl sites for hydroxylation is 2. The zero-order valence-corrected chi connectivity index (χ0v) is 15.8. The summed E-state index contributed by atoms with van der Waals surface area (Å²) in [4.78, 5) is 20.9. The monoisotopic (exact) mass is 374 g/mol. The van der Waals surface area contributed by atoms with E-state index in [9.17, 15) is 4.79 Å². The van der Waals surface area contributed by atoms with Crippen molar-refractivity contribution in [2.45, 2.75) is 38.8 Å². The van der Waals surface area contributed by atoms with Crippen molar-refractivity contribution in [3.63, 3.8) is 0 Å². The highest BCUT2D eigenvalue weighted by Gasteiger charge is 2.19. The van der Waals surface area contributed by atoms with Gasteiger partial charge in [0.1, 0.15) is 18.8 Å². The van der Waals surface area contributed by atoms with Crippen LogP contribution in [0.25, 0.3) is 4.96 Å². The minimum Gasteiger partial charge on any atom is -0.329 e. The van der Waals surface area contributed by atoms with E-state index in [1.54, 1.807) is 17.4 Å². The molecule has 3 aromatic rings. The molecule has 0 saturated heterocycles. The largest absolute Gasteiger partial charge is 0.329 e. The van der Waals surface area contributed by atoms with Gasteiger partial charge in [0.2, 0.25) is 0 Å². The quantitative estimate of drug-likeness (QED) is 0.762. The normalized spacial score (nSPS) is 15.3. The van der Waals surface area contributed by atoms with E-state index in [2.05, 4.69) is 7.05 Å². The molecule has 0 bridgehead atoms. The fourth-order valence-electron chi connectivity index (χ4n) is 3.55. The van der Waals surface area contributed by atoms with Gasteiger partial charge in [0, 0.05) is 27.2 Å². The van der Waals surface area contributed by atoms with Crippen LogP contribution in [0, 0.1) is 0 Å². The van der Waals surface area contributed by atoms with Gasteiger partial charge in [-0.05, 0) is 37.8 Å². The number of halogens is 1. The Morgan fingerprint density at radius 2 is 1.96 bits per heavy atom. The van der Waals surface area contributed by atoms with Crippen LogP contribution in [0.5, 0.6) is 0 Å². The van der Waals surface area contributed by atoms with Gasteiger partial charge in [0.05, 0.1) is 7.05 Å². The highest BCUT2D eigenvalue weighted by molar-refractivity contribution is 7.17. The smallest absolute Gasteiger partial charge is 0.259 e. The van der Waals surface area contributed by atoms with Crippen LogP contribution in [0.2, 0.25) is 5.02 Å². The van der Waals surface area contributed by atoms with E-state index in [1.165, 1.54) is 33.9 Å². The van der Waals surface area contributed by atoms with Crippen molar-refractivity contribution in [2.75, 3.05) is 7.05 Å². The molecule has 2 heterocycles. The van der Waals surface area contributed by atoms with E-state index in [0.717, 1.165) is 41.6 Å². The Labute approximate surface area is 155 Å². The topological polar surface area (TPSA) is 38.8 Å². The van der Waals surface area contributed by atoms with E-state index < -0.39 is 0 Å². The van der Waals surface area contributed by atoms with Crippen molar-refractivity contribution in [1.82, 2.24) is 9.38 Å². The summed E-state index contributed by atoms with van der Waals surface area (Å²) in [7, 11) is 2.12. The third-order valence-corrected chi connectivity index (χ3v) is 6.11. The van der Waals surface area contributed by atoms with Crippen LogP contribution in [-0.4, -0.2) is 16.4 Å². The van der Waals surface area contributed by atoms with Crippen molar-refractivity contribution in [1.29, 1.82) is 0 Å². The lowest BCUT2D eigenvalue weighted by molar-refractivity contribution is -0.908. The van der Waals surface area contributed by atoms with E-state index in [1.807, 2.05) is 28.7 Å². The summed E-state index contributed by atoms with van der Waals surface area (Å²) in [5.74, 6) is 0. The number of nitrogens with zero attached hydrogens (tertiary/aromatic N) is 2. The fourth-order valence-corrected chi connectivity index (χ4v) is 4.91. The number of hydrogen-bond acceptors (Lipinski definition) is 3. The zero-order chi connectivity index (χ0) is 17.4. The van der Waals surface area contributed by atoms with Gasteiger partial charge >= 0.3 is 0 Å². The second-order valence-electron chi connectivity index (χ2n) is 6.82. The molecule has 6 heteroatoms. The van der Waals surface area contributed by atoms with E-state index >= 15 is 0 Å². The Morgan fingerprint density at radius 1 is 1.20 bits per heavy atom. The van der Waals surface area contributed by atoms with Crippen LogP contribution in [0.1, 0.15) is 34.7 Å². The molecule has 0 aliphatic heterocycles. The second kappa shape index (κ2) is 6.90. The van der Waals surface area contributed by atoms with Gasteiger partial charge in [0.15, 0.2) is 4.96 Å². The molecule has 4 rings (SSSR count). The molecule has 1 atom stereocenters. The maximum absolute atomic E-state index is 12.6. The molecule has 0 fully saturated rings. The summed E-state index contributed by atoms with van der Waals surface area (Å²) in [6, 6.07) is 9.63. The first kappa shape index (κ1) is 16.8. The van der Waals surface area contributed by atoms with Crippen LogP contribution in [0.4, 0.5) is 0 Å². The summed E-state index contributed by atoms with van der Waals surface area (Å²) in [6.45, 7) is 1.61. The molecule has 0 saturated carbocycles. The molecule has 1 aliphatic carbocycles. The lowest BCUT2D eigenvalue weighted by atomic mass is 10.0. The number of aromatic nitrogens is 2. The SMILES string of the molecule is C[NH+](Cc1ccc(Cl)cc1)Cc1cc(=O)n2c3c(sc2n1)CCCC3. The Kier molecular flexibility index (Phi) is 4.63. The molecule has 2 aromatic heterocycles. The van der Waals surface area contributed by atoms with Gasteiger partial charge < -0.3 is 4.90 Å². The Bertz CT molecular complexity index is 961. The standard InChI is InChI=1S/C19H20ClN3OS/c1-22(11-13-6-8-14(20)9-7-13)12-15-10-18(24)23-16-4-2-3-5-17(16)25-19(23)21-15/h6-10H,2-5,11-12H2,1H3/p+1. The van der Waals surface area contributed by atoms with Gasteiger partial charge in [-0.3, -0.25) is 9.20 Å². The number of fused-ring (bicyclic) bond motifs is 3. The predicted octanol–water partition coefficient (Wildman–Crippen LogP) is 2.50. The van der Waals surface area contributed by atoms with E-state index in [0.29, 0.717) is 0 Å². The molecule has 1 N–H and O–H groups in total. The lowest BCUT2D eigenvalue weighted by Crippen LogP contribution is -3.06. The average Bonchev–Trinajstić information content (AvgIpc) is 2.95. The molecule has 4 nitrogen and oxygen atoms in total. The van der Waals surface area contributed by atoms with Crippen LogP contribution in [-0.2, 0) is 25.9 Å². The summed E-state index contributed by atoms with van der Waals surface area (Å²) in [5.41, 5.74) is 3.36. The van der Waals surface area contributed by atoms with Crippen molar-refractivity contribution in [3.05, 3.63) is 67.5 Å². The highest BCUT2D eigenvalue weighted by atomic mass is 35.5. The van der Waals surface area contributed by atoms with Crippen LogP contribution >= 0.6 is 22.9 Å². The maximum Gasteiger partial charge on any atom is 0.259 e. The third-order valence-electron chi connectivity index (χ3n) is 4.72. The van der Waals surface area contributed by atoms with Gasteiger partial charge in [-0.15, -0.1) is 11.3 Å². The average molecular weight is 375 g/mol. The molecule has 130 valence electrons. The molecule has 1 aliphatic rings. The first-order valence-corrected chi connectivity index (χ1v) is 9.88. The first-order chi connectivity index (χ1) is 12.1. The van der Waals surface area contributed by atoms with Gasteiger partial charge in [-0.1, -0.05) is 23.7 Å². The minimum atomic E-state index is 0.0682. The third kappa shape index (κ3) is 3.50. The summed E-state index contributed by atoms with van der Waals surface area (Å²) >= 11 is 7.63. The number of thiazole rings is 1. The molecule has 25 heavy (non-hydrogen) atoms. The van der Waals surface area contributed by atoms with E-state index in [-0.39, 0.29) is 5.56 Å². The van der Waals surface area contributed by atoms with Crippen molar-refractivity contribution in [3.8, 4) is 0 Å². The Morgan fingerprint density at radius 3 is 2.76 bits per heavy atom. The van der Waals surface area contributed by atoms with Crippen LogP contribution in [0.3, 0.4) is 0 Å². The molecular formula is C19H21ClN3OS+. The number of hydrogen-bond donors (Lipinski definition) is 1. The summed E-state index contributed by atoms with van der Waals surface area (Å²) in [5, 5.41) is 0.753. The molecule has 0 spiro atoms. The van der Waals surface area contributed by atoms with Crippen LogP contribution < -0.4 is 10.5 Å². The van der Waals surface area contributed by atoms with E-state index in [4.69, 9.17) is 16.6 Å². The molecule has 1 aromatic carbocycles. The molecule has 0 amide bonds. The molecular weight excluding hydrogens is 354 g/mol. The minimum absolute atomic E-state index is 0.0682. The molecule has 1 unspecified atom stereocenters. The number of nitrogens with one attached hydrogen (secondary N) is 1. The zero-order valence-electron chi connectivity index (χ0n) is 14.2. The van der Waals surface area contributed by atoms with Crippen molar-refractivity contribution in [2.24, 2.45) is 0 Å². The second-order valence-corrected chi connectivity index (χ2v) is 8.32. The van der Waals surface area contributed by atoms with Gasteiger partial charge in [-0.25, -0.2) is 4.98 Å². The fraction of sp³-hybridized carbons (Fsp3) is 0.368. The van der Waals surface area contributed by atoms with Crippen molar-refractivity contribution < 1.29 is 4.90 Å². The van der Waals surface area contributed by atoms with Gasteiger partial charge in [0.25, 0.3) is 5.56 Å². The van der Waals surface area contributed by atoms with Crippen molar-refractivity contribution >= 4 is 27.9 Å². The number of rotatable bonds is 4. The highest BCUT2D eigenvalue weighted by Crippen LogP contribution is 2.28. The number of benzene rings is 1. The lowest BCUT2D eigenvalue weighted by Gasteiger charge is -2.14. The Hall–Kier alpha value is -1.69. The summed E-state index contributed by atoms with van der Waals surface area (Å²) in [6.07, 6.45) is 4.47. The Balaban J connectivity index is 1.57.